The molecule has 0 N–H and O–H groups in total. The van der Waals surface area contributed by atoms with Gasteiger partial charge in [0.15, 0.2) is 0 Å². The van der Waals surface area contributed by atoms with Crippen molar-refractivity contribution in [2.24, 2.45) is 0 Å². The van der Waals surface area contributed by atoms with Crippen molar-refractivity contribution in [2.75, 3.05) is 25.6 Å². The van der Waals surface area contributed by atoms with Gasteiger partial charge in [-0.05, 0) is 31.7 Å². The van der Waals surface area contributed by atoms with E-state index in [-0.39, 0.29) is 20.8 Å². The van der Waals surface area contributed by atoms with Crippen LogP contribution in [0.1, 0.15) is 0 Å². The largest absolute Gasteiger partial charge is 0.126 e. The van der Waals surface area contributed by atoms with Crippen LogP contribution in [0, 0.1) is 16.8 Å². The normalized spacial score (nSPS) is 13.3. The number of nitrogens with zero attached hydrogens (tertiary/aromatic N) is 4. The van der Waals surface area contributed by atoms with Crippen LogP contribution in [0.4, 0.5) is 5.69 Å². The Hall–Kier alpha value is -1.32. The summed E-state index contributed by atoms with van der Waals surface area (Å²) in [4.78, 5) is 13.1. The van der Waals surface area contributed by atoms with Gasteiger partial charge in [0, 0.05) is 12.3 Å². The topological polar surface area (TPSA) is 62.5 Å². The first-order valence-electron chi connectivity index (χ1n) is 9.93. The van der Waals surface area contributed by atoms with E-state index in [9.17, 15) is 10.1 Å². The Kier molecular flexibility index (Phi) is 13.9. The fraction of sp³-hybridized carbons (Fsp3) is 0.174. The van der Waals surface area contributed by atoms with Crippen molar-refractivity contribution in [3.05, 3.63) is 95.9 Å². The third-order valence-electron chi connectivity index (χ3n) is 4.65. The van der Waals surface area contributed by atoms with Crippen LogP contribution in [0.15, 0.2) is 79.1 Å². The maximum absolute atomic E-state index is 9.97. The van der Waals surface area contributed by atoms with E-state index in [1.165, 1.54) is 46.1 Å². The predicted molar refractivity (Wildman–Crippen MR) is 144 cm³/mol. The van der Waals surface area contributed by atoms with Gasteiger partial charge in [0.2, 0.25) is 0 Å². The number of benzene rings is 2. The van der Waals surface area contributed by atoms with Gasteiger partial charge in [-0.15, -0.1) is 63.6 Å². The molecule has 182 valence electrons. The Morgan fingerprint density at radius 2 is 1.44 bits per heavy atom. The van der Waals surface area contributed by atoms with Crippen LogP contribution in [0.3, 0.4) is 0 Å². The minimum atomic E-state index is -0.479. The fourth-order valence-electron chi connectivity index (χ4n) is 3.10. The molecule has 34 heavy (non-hydrogen) atoms. The van der Waals surface area contributed by atoms with Gasteiger partial charge in [-0.25, -0.2) is 0 Å². The number of hydrogen-bond acceptors (Lipinski definition) is 7. The second-order valence-electron chi connectivity index (χ2n) is 6.60. The first-order chi connectivity index (χ1) is 16.5. The third-order valence-corrected chi connectivity index (χ3v) is 6.14. The second-order valence-corrected chi connectivity index (χ2v) is 10.9. The Morgan fingerprint density at radius 1 is 0.941 bits per heavy atom. The van der Waals surface area contributed by atoms with Gasteiger partial charge in [0.05, 0.1) is 4.92 Å². The van der Waals surface area contributed by atoms with E-state index in [4.69, 9.17) is 19.4 Å². The average molecular weight is 625 g/mol. The van der Waals surface area contributed by atoms with Crippen molar-refractivity contribution >= 4 is 70.5 Å². The number of aromatic nitrogens is 1. The number of nitro groups is 1. The molecule has 0 spiro atoms. The molecule has 0 atom stereocenters. The van der Waals surface area contributed by atoms with Gasteiger partial charge < -0.3 is 8.61 Å². The van der Waals surface area contributed by atoms with E-state index in [1.807, 2.05) is 0 Å². The number of hydrogen-bond donors (Lipinski definition) is 0. The molecular weight excluding hydrogens is 600 g/mol. The quantitative estimate of drug-likeness (QED) is 0.0777. The fourth-order valence-corrected chi connectivity index (χ4v) is 4.10. The molecule has 1 aliphatic rings. The summed E-state index contributed by atoms with van der Waals surface area (Å²) in [6.45, 7) is 4.46. The smallest absolute Gasteiger partial charge is 0.0771 e. The molecule has 0 radical (unpaired) electrons. The molecule has 11 heteroatoms. The number of halogens is 2. The first kappa shape index (κ1) is 28.9. The Labute approximate surface area is 224 Å². The number of pyridine rings is 1. The van der Waals surface area contributed by atoms with E-state index in [2.05, 4.69) is 87.4 Å². The van der Waals surface area contributed by atoms with Gasteiger partial charge in [0.1, 0.15) is 6.20 Å². The summed E-state index contributed by atoms with van der Waals surface area (Å²) in [5.41, 5.74) is 0.0255. The van der Waals surface area contributed by atoms with Crippen molar-refractivity contribution in [2.45, 2.75) is 0 Å². The summed E-state index contributed by atoms with van der Waals surface area (Å²) in [6.07, 6.45) is 6.90. The monoisotopic (exact) mass is 624 g/mol. The molecule has 0 unspecified atom stereocenters. The van der Waals surface area contributed by atoms with Crippen molar-refractivity contribution in [1.82, 2.24) is 13.6 Å². The van der Waals surface area contributed by atoms with E-state index in [0.29, 0.717) is 0 Å². The van der Waals surface area contributed by atoms with Crippen molar-refractivity contribution in [3.63, 3.8) is 0 Å². The Balaban J connectivity index is 0.000000175. The van der Waals surface area contributed by atoms with Crippen LogP contribution in [0.2, 0.25) is 0 Å². The summed E-state index contributed by atoms with van der Waals surface area (Å²) >= 11 is 3.20. The number of fused-ring (bicyclic) bond motifs is 3. The van der Waals surface area contributed by atoms with E-state index >= 15 is 0 Å². The molecule has 0 saturated carbocycles. The van der Waals surface area contributed by atoms with E-state index in [1.54, 1.807) is 23.9 Å². The van der Waals surface area contributed by atoms with Gasteiger partial charge in [-0.2, -0.15) is 6.67 Å². The zero-order valence-corrected chi connectivity index (χ0v) is 23.4. The van der Waals surface area contributed by atoms with Gasteiger partial charge in [-0.3, -0.25) is 15.1 Å². The molecule has 5 rings (SSSR count). The molecule has 1 aliphatic heterocycles. The minimum Gasteiger partial charge on any atom is -0.126 e. The van der Waals surface area contributed by atoms with Crippen LogP contribution >= 0.6 is 43.3 Å². The first-order valence-corrected chi connectivity index (χ1v) is 16.8. The molecule has 3 aromatic carbocycles. The standard InChI is InChI=1S/C13H9.C5H4N2O2.C5H11N2S2.2ClH.Ru/c1-3-7-12-10(5-1)9-11-6-2-4-8-13(11)12;8-7(9)5-2-1-3-6-4-5;1-8-6-3-4-7(5-6)9-2;;;/h1-9H;1-4H;5H,3-4H2,1-2H3;2*1H;/q-1;;-1;;;+4/p-2. The molecule has 0 bridgehead atoms. The average Bonchev–Trinajstić information content (AvgIpc) is 3.50. The maximum atomic E-state index is 9.97. The minimum absolute atomic E-state index is 0.0255. The van der Waals surface area contributed by atoms with Crippen molar-refractivity contribution in [3.8, 4) is 0 Å². The molecular formula is C23H24Cl2N4O2RuS2. The Morgan fingerprint density at radius 3 is 1.79 bits per heavy atom. The SMILES string of the molecule is CSN1[CH-]N(SC)CC1.O=[N+]([O-])c1cccnc1.[Cl][Ru+2][Cl].c1ccc2c(c1)[cH-]c1ccccc12. The summed E-state index contributed by atoms with van der Waals surface area (Å²) < 4.78 is 4.47. The van der Waals surface area contributed by atoms with Crippen molar-refractivity contribution < 1.29 is 20.1 Å². The molecule has 2 heterocycles. The molecule has 1 aromatic heterocycles. The number of rotatable bonds is 3. The molecule has 0 aliphatic carbocycles. The summed E-state index contributed by atoms with van der Waals surface area (Å²) in [6, 6.07) is 22.2. The molecule has 1 fully saturated rings. The van der Waals surface area contributed by atoms with Crippen LogP contribution in [-0.2, 0) is 15.1 Å². The second kappa shape index (κ2) is 16.4. The predicted octanol–water partition coefficient (Wildman–Crippen LogP) is 7.36. The molecule has 6 nitrogen and oxygen atoms in total. The zero-order chi connectivity index (χ0) is 24.8. The molecule has 4 aromatic rings. The molecule has 1 saturated heterocycles. The van der Waals surface area contributed by atoms with Crippen LogP contribution in [-0.4, -0.2) is 44.1 Å². The van der Waals surface area contributed by atoms with Crippen LogP contribution in [0.25, 0.3) is 21.5 Å². The summed E-state index contributed by atoms with van der Waals surface area (Å²) in [5, 5.41) is 15.4. The van der Waals surface area contributed by atoms with Crippen LogP contribution < -0.4 is 0 Å². The van der Waals surface area contributed by atoms with Gasteiger partial charge >= 0.3 is 34.5 Å². The Bertz CT molecular complexity index is 1080. The maximum Gasteiger partial charge on any atom is -0.0771 e. The van der Waals surface area contributed by atoms with Crippen molar-refractivity contribution in [1.29, 1.82) is 0 Å². The summed E-state index contributed by atoms with van der Waals surface area (Å²) in [5.74, 6) is 0. The zero-order valence-electron chi connectivity index (χ0n) is 18.5. The summed E-state index contributed by atoms with van der Waals surface area (Å²) in [7, 11) is 9.71. The van der Waals surface area contributed by atoms with E-state index in [0.717, 1.165) is 13.1 Å². The van der Waals surface area contributed by atoms with Gasteiger partial charge in [0.25, 0.3) is 5.69 Å². The third kappa shape index (κ3) is 9.38. The van der Waals surface area contributed by atoms with Gasteiger partial charge in [-0.1, -0.05) is 36.4 Å². The molecule has 0 amide bonds. The van der Waals surface area contributed by atoms with E-state index < -0.39 is 4.92 Å². The van der Waals surface area contributed by atoms with Crippen LogP contribution in [0.5, 0.6) is 0 Å².